The van der Waals surface area contributed by atoms with Crippen LogP contribution >= 0.6 is 0 Å². The average Bonchev–Trinajstić information content (AvgIpc) is 2.51. The van der Waals surface area contributed by atoms with Gasteiger partial charge in [0.1, 0.15) is 13.3 Å². The molecule has 0 aromatic heterocycles. The molecule has 0 atom stereocenters. The van der Waals surface area contributed by atoms with Gasteiger partial charge in [-0.05, 0) is 0 Å². The van der Waals surface area contributed by atoms with Crippen LogP contribution in [0.1, 0.15) is 0 Å². The smallest absolute Gasteiger partial charge is 0.322 e. The van der Waals surface area contributed by atoms with Crippen LogP contribution in [0.2, 0.25) is 0 Å². The zero-order chi connectivity index (χ0) is 10.4. The average molecular weight is 200 g/mol. The van der Waals surface area contributed by atoms with E-state index >= 15 is 0 Å². The van der Waals surface area contributed by atoms with Crippen LogP contribution in [0.4, 0.5) is 4.79 Å². The molecule has 80 valence electrons. The minimum atomic E-state index is 0.0134. The van der Waals surface area contributed by atoms with Gasteiger partial charge in [-0.2, -0.15) is 0 Å². The number of nitrogens with zero attached hydrogens (tertiary/aromatic N) is 2. The maximum atomic E-state index is 11.6. The van der Waals surface area contributed by atoms with Crippen molar-refractivity contribution in [1.29, 1.82) is 0 Å². The third-order valence-corrected chi connectivity index (χ3v) is 2.06. The molecule has 2 amide bonds. The predicted octanol–water partition coefficient (Wildman–Crippen LogP) is 0.488. The summed E-state index contributed by atoms with van der Waals surface area (Å²) in [7, 11) is 1.58. The first kappa shape index (κ1) is 10.8. The second-order valence-corrected chi connectivity index (χ2v) is 2.99. The number of hydrogen-bond donors (Lipinski definition) is 0. The molecule has 1 fully saturated rings. The van der Waals surface area contributed by atoms with Crippen molar-refractivity contribution in [3.63, 3.8) is 0 Å². The first-order valence-corrected chi connectivity index (χ1v) is 4.55. The van der Waals surface area contributed by atoms with Gasteiger partial charge < -0.3 is 14.4 Å². The molecule has 0 N–H and O–H groups in total. The molecule has 0 aromatic rings. The lowest BCUT2D eigenvalue weighted by atomic mass is 10.5. The molecule has 0 radical (unpaired) electrons. The summed E-state index contributed by atoms with van der Waals surface area (Å²) in [6.07, 6.45) is 1.38. The van der Waals surface area contributed by atoms with Gasteiger partial charge in [-0.3, -0.25) is 4.90 Å². The van der Waals surface area contributed by atoms with Crippen LogP contribution in [0.15, 0.2) is 12.8 Å². The van der Waals surface area contributed by atoms with E-state index in [4.69, 9.17) is 9.47 Å². The molecular formula is C9H16N2O3. The summed E-state index contributed by atoms with van der Waals surface area (Å²) in [5.74, 6) is 0. The second kappa shape index (κ2) is 5.49. The molecule has 14 heavy (non-hydrogen) atoms. The van der Waals surface area contributed by atoms with Crippen LogP contribution in [0.3, 0.4) is 0 Å². The van der Waals surface area contributed by atoms with Gasteiger partial charge in [-0.15, -0.1) is 0 Å². The Kier molecular flexibility index (Phi) is 4.25. The van der Waals surface area contributed by atoms with E-state index in [1.165, 1.54) is 6.26 Å². The molecule has 0 bridgehead atoms. The number of methoxy groups -OCH3 is 1. The molecule has 1 saturated heterocycles. The molecule has 1 aliphatic heterocycles. The van der Waals surface area contributed by atoms with Gasteiger partial charge in [0, 0.05) is 20.2 Å². The Labute approximate surface area is 83.9 Å². The Morgan fingerprint density at radius 3 is 2.86 bits per heavy atom. The van der Waals surface area contributed by atoms with Gasteiger partial charge in [0.25, 0.3) is 0 Å². The van der Waals surface area contributed by atoms with Crippen LogP contribution in [-0.4, -0.2) is 55.9 Å². The fourth-order valence-electron chi connectivity index (χ4n) is 1.36. The van der Waals surface area contributed by atoms with Crippen molar-refractivity contribution in [2.24, 2.45) is 0 Å². The SMILES string of the molecule is C=COCCN1CCN(COC)C1=O. The fraction of sp³-hybridized carbons (Fsp3) is 0.667. The number of ether oxygens (including phenoxy) is 2. The molecule has 5 heteroatoms. The highest BCUT2D eigenvalue weighted by Crippen LogP contribution is 2.07. The highest BCUT2D eigenvalue weighted by atomic mass is 16.5. The Morgan fingerprint density at radius 1 is 1.50 bits per heavy atom. The normalized spacial score (nSPS) is 16.2. The van der Waals surface area contributed by atoms with Crippen LogP contribution in [0.25, 0.3) is 0 Å². The lowest BCUT2D eigenvalue weighted by Gasteiger charge is -2.17. The minimum Gasteiger partial charge on any atom is -0.500 e. The quantitative estimate of drug-likeness (QED) is 0.463. The van der Waals surface area contributed by atoms with Crippen LogP contribution < -0.4 is 0 Å². The van der Waals surface area contributed by atoms with Crippen molar-refractivity contribution < 1.29 is 14.3 Å². The standard InChI is InChI=1S/C9H16N2O3/c1-3-14-7-6-10-4-5-11(8-13-2)9(10)12/h3H,1,4-8H2,2H3. The lowest BCUT2D eigenvalue weighted by Crippen LogP contribution is -2.34. The van der Waals surface area contributed by atoms with E-state index in [1.807, 2.05) is 0 Å². The molecule has 0 spiro atoms. The van der Waals surface area contributed by atoms with E-state index in [1.54, 1.807) is 16.9 Å². The summed E-state index contributed by atoms with van der Waals surface area (Å²) in [4.78, 5) is 15.0. The zero-order valence-electron chi connectivity index (χ0n) is 8.44. The van der Waals surface area contributed by atoms with Crippen molar-refractivity contribution in [1.82, 2.24) is 9.80 Å². The number of carbonyl (C=O) groups is 1. The largest absolute Gasteiger partial charge is 0.500 e. The highest BCUT2D eigenvalue weighted by Gasteiger charge is 2.27. The molecular weight excluding hydrogens is 184 g/mol. The van der Waals surface area contributed by atoms with Gasteiger partial charge in [-0.25, -0.2) is 4.79 Å². The van der Waals surface area contributed by atoms with Gasteiger partial charge in [0.05, 0.1) is 12.8 Å². The Balaban J connectivity index is 2.28. The fourth-order valence-corrected chi connectivity index (χ4v) is 1.36. The van der Waals surface area contributed by atoms with Crippen molar-refractivity contribution in [3.8, 4) is 0 Å². The Morgan fingerprint density at radius 2 is 2.21 bits per heavy atom. The first-order chi connectivity index (χ1) is 6.79. The third-order valence-electron chi connectivity index (χ3n) is 2.06. The molecule has 1 rings (SSSR count). The van der Waals surface area contributed by atoms with E-state index in [-0.39, 0.29) is 6.03 Å². The van der Waals surface area contributed by atoms with E-state index < -0.39 is 0 Å². The van der Waals surface area contributed by atoms with Crippen LogP contribution in [0.5, 0.6) is 0 Å². The van der Waals surface area contributed by atoms with E-state index in [2.05, 4.69) is 6.58 Å². The predicted molar refractivity (Wildman–Crippen MR) is 51.7 cm³/mol. The highest BCUT2D eigenvalue weighted by molar-refractivity contribution is 5.76. The lowest BCUT2D eigenvalue weighted by molar-refractivity contribution is 0.0917. The summed E-state index contributed by atoms with van der Waals surface area (Å²) in [5.41, 5.74) is 0. The molecule has 0 saturated carbocycles. The van der Waals surface area contributed by atoms with Gasteiger partial charge in [-0.1, -0.05) is 6.58 Å². The number of amides is 2. The number of rotatable bonds is 6. The number of hydrogen-bond acceptors (Lipinski definition) is 3. The van der Waals surface area contributed by atoms with E-state index in [0.717, 1.165) is 13.1 Å². The topological polar surface area (TPSA) is 42.0 Å². The summed E-state index contributed by atoms with van der Waals surface area (Å²) < 4.78 is 9.86. The summed E-state index contributed by atoms with van der Waals surface area (Å²) in [5, 5.41) is 0. The maximum Gasteiger partial charge on any atom is 0.322 e. The molecule has 5 nitrogen and oxygen atoms in total. The van der Waals surface area contributed by atoms with Gasteiger partial charge >= 0.3 is 6.03 Å². The van der Waals surface area contributed by atoms with E-state index in [0.29, 0.717) is 19.9 Å². The second-order valence-electron chi connectivity index (χ2n) is 2.99. The summed E-state index contributed by atoms with van der Waals surface area (Å²) in [6, 6.07) is 0.0134. The van der Waals surface area contributed by atoms with Crippen molar-refractivity contribution in [3.05, 3.63) is 12.8 Å². The summed E-state index contributed by atoms with van der Waals surface area (Å²) in [6.45, 7) is 6.35. The Hall–Kier alpha value is -1.23. The molecule has 0 aliphatic carbocycles. The van der Waals surface area contributed by atoms with E-state index in [9.17, 15) is 4.79 Å². The van der Waals surface area contributed by atoms with Gasteiger partial charge in [0.15, 0.2) is 0 Å². The van der Waals surface area contributed by atoms with Crippen LogP contribution in [0, 0.1) is 0 Å². The minimum absolute atomic E-state index is 0.0134. The monoisotopic (exact) mass is 200 g/mol. The molecule has 0 unspecified atom stereocenters. The molecule has 1 heterocycles. The van der Waals surface area contributed by atoms with Crippen LogP contribution in [-0.2, 0) is 9.47 Å². The van der Waals surface area contributed by atoms with Crippen molar-refractivity contribution >= 4 is 6.03 Å². The molecule has 1 aliphatic rings. The summed E-state index contributed by atoms with van der Waals surface area (Å²) >= 11 is 0. The zero-order valence-corrected chi connectivity index (χ0v) is 8.44. The van der Waals surface area contributed by atoms with Crippen molar-refractivity contribution in [2.75, 3.05) is 40.1 Å². The molecule has 0 aromatic carbocycles. The Bertz CT molecular complexity index is 208. The number of urea groups is 1. The first-order valence-electron chi connectivity index (χ1n) is 4.55. The van der Waals surface area contributed by atoms with Crippen molar-refractivity contribution in [2.45, 2.75) is 0 Å². The maximum absolute atomic E-state index is 11.6. The number of carbonyl (C=O) groups excluding carboxylic acids is 1. The third kappa shape index (κ3) is 2.63. The van der Waals surface area contributed by atoms with Gasteiger partial charge in [0.2, 0.25) is 0 Å².